The summed E-state index contributed by atoms with van der Waals surface area (Å²) >= 11 is 0. The van der Waals surface area contributed by atoms with Crippen LogP contribution in [0.15, 0.2) is 18.2 Å². The Kier molecular flexibility index (Phi) is 6.85. The lowest BCUT2D eigenvalue weighted by atomic mass is 10.1. The third kappa shape index (κ3) is 5.17. The fourth-order valence-electron chi connectivity index (χ4n) is 1.99. The number of amides is 2. The first kappa shape index (κ1) is 17.1. The number of aryl methyl sites for hydroxylation is 1. The van der Waals surface area contributed by atoms with Crippen molar-refractivity contribution in [3.63, 3.8) is 0 Å². The first-order chi connectivity index (χ1) is 9.99. The fourth-order valence-corrected chi connectivity index (χ4v) is 1.99. The molecule has 0 unspecified atom stereocenters. The average Bonchev–Trinajstić information content (AvgIpc) is 2.46. The van der Waals surface area contributed by atoms with Gasteiger partial charge in [0.1, 0.15) is 5.82 Å². The van der Waals surface area contributed by atoms with E-state index in [1.807, 2.05) is 13.8 Å². The Morgan fingerprint density at radius 1 is 1.24 bits per heavy atom. The van der Waals surface area contributed by atoms with Crippen molar-refractivity contribution in [2.75, 3.05) is 19.6 Å². The molecule has 0 saturated carbocycles. The summed E-state index contributed by atoms with van der Waals surface area (Å²) in [6.07, 6.45) is 1.54. The number of rotatable bonds is 7. The Balaban J connectivity index is 2.86. The van der Waals surface area contributed by atoms with E-state index in [-0.39, 0.29) is 18.0 Å². The van der Waals surface area contributed by atoms with Crippen molar-refractivity contribution >= 4 is 11.8 Å². The highest BCUT2D eigenvalue weighted by atomic mass is 19.1. The highest BCUT2D eigenvalue weighted by Crippen LogP contribution is 2.13. The van der Waals surface area contributed by atoms with Crippen LogP contribution in [0.3, 0.4) is 0 Å². The molecule has 0 bridgehead atoms. The van der Waals surface area contributed by atoms with E-state index in [0.717, 1.165) is 12.0 Å². The summed E-state index contributed by atoms with van der Waals surface area (Å²) in [4.78, 5) is 25.6. The zero-order valence-electron chi connectivity index (χ0n) is 12.9. The first-order valence-corrected chi connectivity index (χ1v) is 7.31. The van der Waals surface area contributed by atoms with Crippen LogP contribution in [0.25, 0.3) is 0 Å². The number of halogens is 1. The molecule has 0 aliphatic rings. The molecular weight excluding hydrogens is 271 g/mol. The van der Waals surface area contributed by atoms with Gasteiger partial charge in [-0.2, -0.15) is 0 Å². The predicted molar refractivity (Wildman–Crippen MR) is 80.6 cm³/mol. The number of carbonyl (C=O) groups excluding carboxylic acids is 2. The van der Waals surface area contributed by atoms with Crippen molar-refractivity contribution < 1.29 is 14.0 Å². The molecule has 0 heterocycles. The SMILES string of the molecule is CCCNC(=O)CN(CCC)C(=O)c1cc(C)ccc1F. The van der Waals surface area contributed by atoms with Crippen LogP contribution >= 0.6 is 0 Å². The second kappa shape index (κ2) is 8.39. The van der Waals surface area contributed by atoms with E-state index in [9.17, 15) is 14.0 Å². The molecule has 0 fully saturated rings. The van der Waals surface area contributed by atoms with Crippen LogP contribution in [-0.2, 0) is 4.79 Å². The molecule has 2 amide bonds. The molecule has 1 aromatic carbocycles. The third-order valence-corrected chi connectivity index (χ3v) is 3.04. The van der Waals surface area contributed by atoms with Gasteiger partial charge in [0.2, 0.25) is 5.91 Å². The van der Waals surface area contributed by atoms with E-state index in [1.54, 1.807) is 13.0 Å². The van der Waals surface area contributed by atoms with E-state index in [4.69, 9.17) is 0 Å². The zero-order chi connectivity index (χ0) is 15.8. The largest absolute Gasteiger partial charge is 0.355 e. The Labute approximate surface area is 125 Å². The van der Waals surface area contributed by atoms with E-state index in [0.29, 0.717) is 19.5 Å². The monoisotopic (exact) mass is 294 g/mol. The summed E-state index contributed by atoms with van der Waals surface area (Å²) in [6.45, 7) is 6.63. The normalized spacial score (nSPS) is 10.3. The van der Waals surface area contributed by atoms with Gasteiger partial charge in [-0.15, -0.1) is 0 Å². The molecule has 1 N–H and O–H groups in total. The molecule has 1 aromatic rings. The van der Waals surface area contributed by atoms with E-state index in [2.05, 4.69) is 5.32 Å². The van der Waals surface area contributed by atoms with E-state index >= 15 is 0 Å². The van der Waals surface area contributed by atoms with Gasteiger partial charge in [0.15, 0.2) is 0 Å². The minimum absolute atomic E-state index is 0.0201. The fraction of sp³-hybridized carbons (Fsp3) is 0.500. The minimum atomic E-state index is -0.555. The summed E-state index contributed by atoms with van der Waals surface area (Å²) in [5.41, 5.74) is 0.832. The number of hydrogen-bond acceptors (Lipinski definition) is 2. The lowest BCUT2D eigenvalue weighted by Crippen LogP contribution is -2.41. The molecule has 1 rings (SSSR count). The molecular formula is C16H23FN2O2. The third-order valence-electron chi connectivity index (χ3n) is 3.04. The van der Waals surface area contributed by atoms with Crippen LogP contribution in [0.2, 0.25) is 0 Å². The Bertz CT molecular complexity index is 503. The van der Waals surface area contributed by atoms with Crippen molar-refractivity contribution in [3.8, 4) is 0 Å². The molecule has 0 spiro atoms. The summed E-state index contributed by atoms with van der Waals surface area (Å²) in [5.74, 6) is -1.21. The van der Waals surface area contributed by atoms with Crippen LogP contribution in [0.1, 0.15) is 42.6 Å². The van der Waals surface area contributed by atoms with Crippen molar-refractivity contribution in [1.29, 1.82) is 0 Å². The van der Waals surface area contributed by atoms with Gasteiger partial charge < -0.3 is 10.2 Å². The van der Waals surface area contributed by atoms with Crippen LogP contribution in [0.4, 0.5) is 4.39 Å². The Hall–Kier alpha value is -1.91. The number of benzene rings is 1. The van der Waals surface area contributed by atoms with E-state index in [1.165, 1.54) is 17.0 Å². The summed E-state index contributed by atoms with van der Waals surface area (Å²) in [5, 5.41) is 2.73. The van der Waals surface area contributed by atoms with Gasteiger partial charge in [0, 0.05) is 13.1 Å². The van der Waals surface area contributed by atoms with Crippen molar-refractivity contribution in [2.24, 2.45) is 0 Å². The smallest absolute Gasteiger partial charge is 0.257 e. The lowest BCUT2D eigenvalue weighted by molar-refractivity contribution is -0.121. The molecule has 5 heteroatoms. The van der Waals surface area contributed by atoms with Gasteiger partial charge in [-0.05, 0) is 31.9 Å². The predicted octanol–water partition coefficient (Wildman–Crippen LogP) is 2.51. The van der Waals surface area contributed by atoms with Crippen molar-refractivity contribution in [2.45, 2.75) is 33.6 Å². The first-order valence-electron chi connectivity index (χ1n) is 7.31. The summed E-state index contributed by atoms with van der Waals surface area (Å²) in [7, 11) is 0. The average molecular weight is 294 g/mol. The summed E-state index contributed by atoms with van der Waals surface area (Å²) in [6, 6.07) is 4.42. The quantitative estimate of drug-likeness (QED) is 0.840. The van der Waals surface area contributed by atoms with E-state index < -0.39 is 11.7 Å². The van der Waals surface area contributed by atoms with Gasteiger partial charge in [-0.25, -0.2) is 4.39 Å². The lowest BCUT2D eigenvalue weighted by Gasteiger charge is -2.22. The number of hydrogen-bond donors (Lipinski definition) is 1. The second-order valence-electron chi connectivity index (χ2n) is 5.06. The molecule has 116 valence electrons. The molecule has 0 aromatic heterocycles. The van der Waals surface area contributed by atoms with Gasteiger partial charge in [-0.3, -0.25) is 9.59 Å². The highest BCUT2D eigenvalue weighted by Gasteiger charge is 2.21. The Morgan fingerprint density at radius 3 is 2.57 bits per heavy atom. The maximum atomic E-state index is 13.8. The molecule has 0 aliphatic carbocycles. The maximum absolute atomic E-state index is 13.8. The van der Waals surface area contributed by atoms with Gasteiger partial charge in [0.05, 0.1) is 12.1 Å². The second-order valence-corrected chi connectivity index (χ2v) is 5.06. The minimum Gasteiger partial charge on any atom is -0.355 e. The van der Waals surface area contributed by atoms with Crippen LogP contribution < -0.4 is 5.32 Å². The zero-order valence-corrected chi connectivity index (χ0v) is 12.9. The number of nitrogens with one attached hydrogen (secondary N) is 1. The molecule has 0 radical (unpaired) electrons. The standard InChI is InChI=1S/C16H23FN2O2/c1-4-8-18-15(20)11-19(9-5-2)16(21)13-10-12(3)6-7-14(13)17/h6-7,10H,4-5,8-9,11H2,1-3H3,(H,18,20). The highest BCUT2D eigenvalue weighted by molar-refractivity contribution is 5.96. The van der Waals surface area contributed by atoms with Gasteiger partial charge in [-0.1, -0.05) is 25.5 Å². The molecule has 21 heavy (non-hydrogen) atoms. The Morgan fingerprint density at radius 2 is 1.95 bits per heavy atom. The summed E-state index contributed by atoms with van der Waals surface area (Å²) < 4.78 is 13.8. The maximum Gasteiger partial charge on any atom is 0.257 e. The van der Waals surface area contributed by atoms with Gasteiger partial charge in [0.25, 0.3) is 5.91 Å². The van der Waals surface area contributed by atoms with Crippen LogP contribution in [0.5, 0.6) is 0 Å². The van der Waals surface area contributed by atoms with Crippen molar-refractivity contribution in [1.82, 2.24) is 10.2 Å². The van der Waals surface area contributed by atoms with Gasteiger partial charge >= 0.3 is 0 Å². The molecule has 0 atom stereocenters. The van der Waals surface area contributed by atoms with Crippen molar-refractivity contribution in [3.05, 3.63) is 35.1 Å². The molecule has 4 nitrogen and oxygen atoms in total. The topological polar surface area (TPSA) is 49.4 Å². The van der Waals surface area contributed by atoms with Crippen LogP contribution in [-0.4, -0.2) is 36.3 Å². The number of nitrogens with zero attached hydrogens (tertiary/aromatic N) is 1. The molecule has 0 saturated heterocycles. The number of carbonyl (C=O) groups is 2. The molecule has 0 aliphatic heterocycles. The van der Waals surface area contributed by atoms with Crippen LogP contribution in [0, 0.1) is 12.7 Å².